The number of pyridine rings is 1. The van der Waals surface area contributed by atoms with Gasteiger partial charge in [-0.2, -0.15) is 0 Å². The zero-order chi connectivity index (χ0) is 15.0. The number of aromatic nitrogens is 1. The number of nitrogens with one attached hydrogen (secondary N) is 1. The average molecular weight is 386 g/mol. The molecule has 1 unspecified atom stereocenters. The second-order valence-electron chi connectivity index (χ2n) is 4.75. The number of hydrogen-bond acceptors (Lipinski definition) is 5. The minimum absolute atomic E-state index is 0.0771. The molecule has 0 amide bonds. The highest BCUT2D eigenvalue weighted by Gasteiger charge is 2.33. The van der Waals surface area contributed by atoms with Gasteiger partial charge in [0, 0.05) is 17.2 Å². The first-order valence-electron chi connectivity index (χ1n) is 5.82. The second kappa shape index (κ2) is 5.86. The Kier molecular flexibility index (Phi) is 4.73. The lowest BCUT2D eigenvalue weighted by Crippen LogP contribution is -2.34. The molecule has 9 heteroatoms. The maximum absolute atomic E-state index is 12.2. The van der Waals surface area contributed by atoms with Crippen LogP contribution in [-0.4, -0.2) is 38.4 Å². The van der Waals surface area contributed by atoms with E-state index in [1.54, 1.807) is 13.8 Å². The summed E-state index contributed by atoms with van der Waals surface area (Å²) in [6.45, 7) is 3.99. The number of nitrogens with zero attached hydrogens (tertiary/aromatic N) is 1. The smallest absolute Gasteiger partial charge is 0.243 e. The molecular formula is C11H14BrClN2O4S. The van der Waals surface area contributed by atoms with Gasteiger partial charge in [-0.05, 0) is 35.8 Å². The Balaban J connectivity index is 2.07. The Labute approximate surface area is 131 Å². The van der Waals surface area contributed by atoms with E-state index in [9.17, 15) is 8.42 Å². The molecule has 2 heterocycles. The van der Waals surface area contributed by atoms with Crippen LogP contribution >= 0.6 is 27.5 Å². The van der Waals surface area contributed by atoms with Gasteiger partial charge in [0.15, 0.2) is 5.79 Å². The third-order valence-corrected chi connectivity index (χ3v) is 4.92. The van der Waals surface area contributed by atoms with Gasteiger partial charge in [0.2, 0.25) is 10.0 Å². The summed E-state index contributed by atoms with van der Waals surface area (Å²) in [5.41, 5.74) is 0. The maximum Gasteiger partial charge on any atom is 0.243 e. The largest absolute Gasteiger partial charge is 0.348 e. The van der Waals surface area contributed by atoms with Gasteiger partial charge in [-0.1, -0.05) is 11.6 Å². The SMILES string of the molecule is CC1(C)OCC(CNS(=O)(=O)c2cc(Br)cnc2Cl)O1. The topological polar surface area (TPSA) is 77.5 Å². The molecule has 0 bridgehead atoms. The lowest BCUT2D eigenvalue weighted by atomic mass is 10.4. The molecule has 112 valence electrons. The standard InChI is InChI=1S/C11H14BrClN2O4S/c1-11(2)18-6-8(19-11)5-15-20(16,17)9-3-7(12)4-14-10(9)13/h3-4,8,15H,5-6H2,1-2H3. The quantitative estimate of drug-likeness (QED) is 0.801. The first-order valence-corrected chi connectivity index (χ1v) is 8.47. The summed E-state index contributed by atoms with van der Waals surface area (Å²) < 4.78 is 38.2. The molecule has 1 aromatic rings. The van der Waals surface area contributed by atoms with Crippen LogP contribution in [0.2, 0.25) is 5.15 Å². The third kappa shape index (κ3) is 3.90. The van der Waals surface area contributed by atoms with E-state index in [1.165, 1.54) is 12.3 Å². The third-order valence-electron chi connectivity index (χ3n) is 2.63. The van der Waals surface area contributed by atoms with E-state index in [0.29, 0.717) is 11.1 Å². The van der Waals surface area contributed by atoms with Gasteiger partial charge in [0.25, 0.3) is 0 Å². The van der Waals surface area contributed by atoms with Crippen molar-refractivity contribution in [1.82, 2.24) is 9.71 Å². The molecule has 6 nitrogen and oxygen atoms in total. The Morgan fingerprint density at radius 1 is 1.60 bits per heavy atom. The minimum atomic E-state index is -3.75. The van der Waals surface area contributed by atoms with Crippen molar-refractivity contribution in [3.05, 3.63) is 21.9 Å². The lowest BCUT2D eigenvalue weighted by molar-refractivity contribution is -0.137. The predicted molar refractivity (Wildman–Crippen MR) is 77.0 cm³/mol. The van der Waals surface area contributed by atoms with Crippen LogP contribution in [0.25, 0.3) is 0 Å². The molecular weight excluding hydrogens is 372 g/mol. The van der Waals surface area contributed by atoms with Gasteiger partial charge in [-0.15, -0.1) is 0 Å². The van der Waals surface area contributed by atoms with Crippen molar-refractivity contribution < 1.29 is 17.9 Å². The van der Waals surface area contributed by atoms with Gasteiger partial charge in [0.05, 0.1) is 12.7 Å². The Morgan fingerprint density at radius 2 is 2.30 bits per heavy atom. The van der Waals surface area contributed by atoms with Gasteiger partial charge >= 0.3 is 0 Å². The Morgan fingerprint density at radius 3 is 2.90 bits per heavy atom. The first kappa shape index (κ1) is 16.1. The molecule has 20 heavy (non-hydrogen) atoms. The van der Waals surface area contributed by atoms with Gasteiger partial charge in [-0.25, -0.2) is 18.1 Å². The van der Waals surface area contributed by atoms with Crippen molar-refractivity contribution in [2.24, 2.45) is 0 Å². The van der Waals surface area contributed by atoms with Crippen molar-refractivity contribution in [3.63, 3.8) is 0 Å². The van der Waals surface area contributed by atoms with Crippen LogP contribution in [0.5, 0.6) is 0 Å². The Bertz CT molecular complexity index is 608. The monoisotopic (exact) mass is 384 g/mol. The molecule has 0 radical (unpaired) electrons. The van der Waals surface area contributed by atoms with E-state index in [0.717, 1.165) is 0 Å². The number of ether oxygens (including phenoxy) is 2. The molecule has 0 aliphatic carbocycles. The maximum atomic E-state index is 12.2. The van der Waals surface area contributed by atoms with Crippen LogP contribution in [0.4, 0.5) is 0 Å². The molecule has 0 aromatic carbocycles. The molecule has 1 saturated heterocycles. The normalized spacial score (nSPS) is 22.1. The molecule has 2 rings (SSSR count). The Hall–Kier alpha value is -0.250. The van der Waals surface area contributed by atoms with Crippen LogP contribution in [-0.2, 0) is 19.5 Å². The zero-order valence-electron chi connectivity index (χ0n) is 10.9. The van der Waals surface area contributed by atoms with E-state index < -0.39 is 15.8 Å². The molecule has 1 aliphatic rings. The average Bonchev–Trinajstić information content (AvgIpc) is 2.70. The van der Waals surface area contributed by atoms with Crippen LogP contribution in [0.1, 0.15) is 13.8 Å². The highest BCUT2D eigenvalue weighted by molar-refractivity contribution is 9.10. The second-order valence-corrected chi connectivity index (χ2v) is 7.75. The number of halogens is 2. The summed E-state index contributed by atoms with van der Waals surface area (Å²) >= 11 is 8.98. The van der Waals surface area contributed by atoms with E-state index in [2.05, 4.69) is 25.6 Å². The molecule has 1 fully saturated rings. The minimum Gasteiger partial charge on any atom is -0.348 e. The molecule has 1 N–H and O–H groups in total. The zero-order valence-corrected chi connectivity index (χ0v) is 14.0. The fourth-order valence-corrected chi connectivity index (χ4v) is 3.74. The number of hydrogen-bond donors (Lipinski definition) is 1. The van der Waals surface area contributed by atoms with E-state index >= 15 is 0 Å². The van der Waals surface area contributed by atoms with Crippen molar-refractivity contribution in [2.75, 3.05) is 13.2 Å². The molecule has 0 spiro atoms. The summed E-state index contributed by atoms with van der Waals surface area (Å²) in [7, 11) is -3.75. The summed E-state index contributed by atoms with van der Waals surface area (Å²) in [5.74, 6) is -0.689. The summed E-state index contributed by atoms with van der Waals surface area (Å²) in [4.78, 5) is 3.71. The lowest BCUT2D eigenvalue weighted by Gasteiger charge is -2.17. The summed E-state index contributed by atoms with van der Waals surface area (Å²) in [6, 6.07) is 1.40. The molecule has 1 atom stereocenters. The van der Waals surface area contributed by atoms with Crippen LogP contribution in [0.3, 0.4) is 0 Å². The molecule has 1 aliphatic heterocycles. The molecule has 0 saturated carbocycles. The van der Waals surface area contributed by atoms with Crippen molar-refractivity contribution in [2.45, 2.75) is 30.6 Å². The van der Waals surface area contributed by atoms with Crippen LogP contribution in [0, 0.1) is 0 Å². The fraction of sp³-hybridized carbons (Fsp3) is 0.545. The van der Waals surface area contributed by atoms with E-state index in [4.69, 9.17) is 21.1 Å². The molecule has 1 aromatic heterocycles. The van der Waals surface area contributed by atoms with Crippen molar-refractivity contribution >= 4 is 37.6 Å². The number of sulfonamides is 1. The highest BCUT2D eigenvalue weighted by Crippen LogP contribution is 2.24. The van der Waals surface area contributed by atoms with Gasteiger partial charge < -0.3 is 9.47 Å². The predicted octanol–water partition coefficient (Wildman–Crippen LogP) is 1.93. The van der Waals surface area contributed by atoms with E-state index in [-0.39, 0.29) is 22.7 Å². The summed E-state index contributed by atoms with van der Waals surface area (Å²) in [6.07, 6.45) is 1.09. The highest BCUT2D eigenvalue weighted by atomic mass is 79.9. The van der Waals surface area contributed by atoms with E-state index in [1.807, 2.05) is 0 Å². The van der Waals surface area contributed by atoms with Crippen LogP contribution < -0.4 is 4.72 Å². The van der Waals surface area contributed by atoms with Crippen LogP contribution in [0.15, 0.2) is 21.6 Å². The fourth-order valence-electron chi connectivity index (χ4n) is 1.74. The van der Waals surface area contributed by atoms with Crippen molar-refractivity contribution in [1.29, 1.82) is 0 Å². The van der Waals surface area contributed by atoms with Gasteiger partial charge in [-0.3, -0.25) is 0 Å². The van der Waals surface area contributed by atoms with Gasteiger partial charge in [0.1, 0.15) is 10.0 Å². The first-order chi connectivity index (χ1) is 9.20. The number of rotatable bonds is 4. The summed E-state index contributed by atoms with van der Waals surface area (Å²) in [5, 5.41) is -0.0791. The van der Waals surface area contributed by atoms with Crippen molar-refractivity contribution in [3.8, 4) is 0 Å².